The van der Waals surface area contributed by atoms with Gasteiger partial charge in [0.15, 0.2) is 5.82 Å². The van der Waals surface area contributed by atoms with Gasteiger partial charge < -0.3 is 10.1 Å². The standard InChI is InChI=1S/C22H25N3O/c1-15(2)26-21-11-9-20(10-12-21)23-22-19(13-17(4)24-25-22)14-18-7-5-16(3)6-8-18/h5-13,15H,14H2,1-4H3,(H,23,25). The molecule has 3 aromatic rings. The molecule has 3 rings (SSSR count). The number of hydrogen-bond donors (Lipinski definition) is 1. The van der Waals surface area contributed by atoms with Gasteiger partial charge in [0.25, 0.3) is 0 Å². The molecule has 0 saturated heterocycles. The van der Waals surface area contributed by atoms with E-state index < -0.39 is 0 Å². The largest absolute Gasteiger partial charge is 0.491 e. The number of rotatable bonds is 6. The molecule has 1 aromatic heterocycles. The predicted octanol–water partition coefficient (Wildman–Crippen LogP) is 5.22. The summed E-state index contributed by atoms with van der Waals surface area (Å²) in [5, 5.41) is 12.0. The minimum Gasteiger partial charge on any atom is -0.491 e. The number of nitrogens with one attached hydrogen (secondary N) is 1. The third-order valence-corrected chi connectivity index (χ3v) is 4.00. The lowest BCUT2D eigenvalue weighted by atomic mass is 10.0. The first-order chi connectivity index (χ1) is 12.5. The fourth-order valence-corrected chi connectivity index (χ4v) is 2.73. The maximum Gasteiger partial charge on any atom is 0.156 e. The number of aromatic nitrogens is 2. The highest BCUT2D eigenvalue weighted by molar-refractivity contribution is 5.60. The van der Waals surface area contributed by atoms with E-state index in [4.69, 9.17) is 4.74 Å². The van der Waals surface area contributed by atoms with E-state index in [1.807, 2.05) is 45.0 Å². The van der Waals surface area contributed by atoms with Crippen LogP contribution in [0.3, 0.4) is 0 Å². The van der Waals surface area contributed by atoms with Crippen molar-refractivity contribution in [2.75, 3.05) is 5.32 Å². The molecule has 1 N–H and O–H groups in total. The normalized spacial score (nSPS) is 10.8. The Labute approximate surface area is 155 Å². The van der Waals surface area contributed by atoms with Crippen molar-refractivity contribution in [2.24, 2.45) is 0 Å². The second-order valence-electron chi connectivity index (χ2n) is 6.84. The van der Waals surface area contributed by atoms with Crippen molar-refractivity contribution in [3.63, 3.8) is 0 Å². The second-order valence-corrected chi connectivity index (χ2v) is 6.84. The number of ether oxygens (including phenoxy) is 1. The SMILES string of the molecule is Cc1ccc(Cc2cc(C)nnc2Nc2ccc(OC(C)C)cc2)cc1. The Balaban J connectivity index is 1.80. The first kappa shape index (κ1) is 17.9. The van der Waals surface area contributed by atoms with E-state index in [-0.39, 0.29) is 6.10 Å². The summed E-state index contributed by atoms with van der Waals surface area (Å²) >= 11 is 0. The Hall–Kier alpha value is -2.88. The van der Waals surface area contributed by atoms with Gasteiger partial charge in [-0.25, -0.2) is 0 Å². The van der Waals surface area contributed by atoms with Gasteiger partial charge in [0, 0.05) is 17.7 Å². The van der Waals surface area contributed by atoms with Crippen molar-refractivity contribution >= 4 is 11.5 Å². The molecular weight excluding hydrogens is 322 g/mol. The summed E-state index contributed by atoms with van der Waals surface area (Å²) in [6, 6.07) is 18.6. The van der Waals surface area contributed by atoms with Crippen molar-refractivity contribution in [3.05, 3.63) is 77.0 Å². The summed E-state index contributed by atoms with van der Waals surface area (Å²) in [5.74, 6) is 1.65. The summed E-state index contributed by atoms with van der Waals surface area (Å²) in [5.41, 5.74) is 5.53. The Morgan fingerprint density at radius 3 is 2.27 bits per heavy atom. The van der Waals surface area contributed by atoms with E-state index in [0.717, 1.165) is 34.9 Å². The average molecular weight is 347 g/mol. The van der Waals surface area contributed by atoms with E-state index in [1.165, 1.54) is 11.1 Å². The van der Waals surface area contributed by atoms with Crippen LogP contribution in [0.25, 0.3) is 0 Å². The minimum absolute atomic E-state index is 0.165. The van der Waals surface area contributed by atoms with Crippen LogP contribution in [0.15, 0.2) is 54.6 Å². The summed E-state index contributed by atoms with van der Waals surface area (Å²) in [6.45, 7) is 8.10. The van der Waals surface area contributed by atoms with Crippen molar-refractivity contribution in [2.45, 2.75) is 40.2 Å². The van der Waals surface area contributed by atoms with E-state index in [1.54, 1.807) is 0 Å². The fourth-order valence-electron chi connectivity index (χ4n) is 2.73. The van der Waals surface area contributed by atoms with Gasteiger partial charge in [-0.05, 0) is 63.6 Å². The van der Waals surface area contributed by atoms with E-state index in [2.05, 4.69) is 52.8 Å². The molecule has 4 heteroatoms. The molecular formula is C22H25N3O. The molecule has 0 spiro atoms. The number of benzene rings is 2. The summed E-state index contributed by atoms with van der Waals surface area (Å²) in [7, 11) is 0. The van der Waals surface area contributed by atoms with Crippen LogP contribution < -0.4 is 10.1 Å². The topological polar surface area (TPSA) is 47.0 Å². The molecule has 0 atom stereocenters. The quantitative estimate of drug-likeness (QED) is 0.664. The lowest BCUT2D eigenvalue weighted by Crippen LogP contribution is -2.06. The Bertz CT molecular complexity index is 856. The summed E-state index contributed by atoms with van der Waals surface area (Å²) in [6.07, 6.45) is 0.978. The van der Waals surface area contributed by atoms with Crippen molar-refractivity contribution in [1.82, 2.24) is 10.2 Å². The van der Waals surface area contributed by atoms with Crippen molar-refractivity contribution in [3.8, 4) is 5.75 Å². The Kier molecular flexibility index (Phi) is 5.52. The molecule has 0 aliphatic rings. The molecule has 0 saturated carbocycles. The predicted molar refractivity (Wildman–Crippen MR) is 106 cm³/mol. The van der Waals surface area contributed by atoms with Gasteiger partial charge in [0.05, 0.1) is 11.8 Å². The molecule has 0 aliphatic carbocycles. The molecule has 0 bridgehead atoms. The number of aryl methyl sites for hydroxylation is 2. The molecule has 4 nitrogen and oxygen atoms in total. The third kappa shape index (κ3) is 4.82. The molecule has 0 fully saturated rings. The molecule has 0 unspecified atom stereocenters. The van der Waals surface area contributed by atoms with E-state index in [9.17, 15) is 0 Å². The van der Waals surface area contributed by atoms with Crippen LogP contribution in [0.5, 0.6) is 5.75 Å². The van der Waals surface area contributed by atoms with Gasteiger partial charge in [-0.2, -0.15) is 5.10 Å². The molecule has 26 heavy (non-hydrogen) atoms. The molecule has 0 amide bonds. The van der Waals surface area contributed by atoms with Gasteiger partial charge >= 0.3 is 0 Å². The maximum atomic E-state index is 5.69. The lowest BCUT2D eigenvalue weighted by molar-refractivity contribution is 0.242. The maximum absolute atomic E-state index is 5.69. The minimum atomic E-state index is 0.165. The first-order valence-corrected chi connectivity index (χ1v) is 8.92. The highest BCUT2D eigenvalue weighted by Gasteiger charge is 2.08. The Morgan fingerprint density at radius 2 is 1.62 bits per heavy atom. The third-order valence-electron chi connectivity index (χ3n) is 4.00. The average Bonchev–Trinajstić information content (AvgIpc) is 2.60. The Morgan fingerprint density at radius 1 is 0.923 bits per heavy atom. The summed E-state index contributed by atoms with van der Waals surface area (Å²) < 4.78 is 5.69. The zero-order chi connectivity index (χ0) is 18.5. The number of anilines is 2. The van der Waals surface area contributed by atoms with Crippen LogP contribution in [0.4, 0.5) is 11.5 Å². The number of hydrogen-bond acceptors (Lipinski definition) is 4. The van der Waals surface area contributed by atoms with Crippen LogP contribution in [0.1, 0.15) is 36.2 Å². The molecule has 0 aliphatic heterocycles. The van der Waals surface area contributed by atoms with E-state index >= 15 is 0 Å². The molecule has 2 aromatic carbocycles. The molecule has 134 valence electrons. The highest BCUT2D eigenvalue weighted by atomic mass is 16.5. The van der Waals surface area contributed by atoms with Crippen LogP contribution in [0, 0.1) is 13.8 Å². The van der Waals surface area contributed by atoms with Crippen molar-refractivity contribution < 1.29 is 4.74 Å². The van der Waals surface area contributed by atoms with Crippen LogP contribution in [0.2, 0.25) is 0 Å². The zero-order valence-corrected chi connectivity index (χ0v) is 15.8. The van der Waals surface area contributed by atoms with Gasteiger partial charge in [0.1, 0.15) is 5.75 Å². The van der Waals surface area contributed by atoms with Gasteiger partial charge in [-0.15, -0.1) is 5.10 Å². The lowest BCUT2D eigenvalue weighted by Gasteiger charge is -2.13. The first-order valence-electron chi connectivity index (χ1n) is 8.92. The molecule has 0 radical (unpaired) electrons. The van der Waals surface area contributed by atoms with Gasteiger partial charge in [-0.3, -0.25) is 0 Å². The molecule has 1 heterocycles. The second kappa shape index (κ2) is 8.00. The van der Waals surface area contributed by atoms with Gasteiger partial charge in [0.2, 0.25) is 0 Å². The zero-order valence-electron chi connectivity index (χ0n) is 15.8. The van der Waals surface area contributed by atoms with E-state index in [0.29, 0.717) is 0 Å². The van der Waals surface area contributed by atoms with Crippen LogP contribution in [-0.4, -0.2) is 16.3 Å². The van der Waals surface area contributed by atoms with Gasteiger partial charge in [-0.1, -0.05) is 29.8 Å². The van der Waals surface area contributed by atoms with Crippen LogP contribution in [-0.2, 0) is 6.42 Å². The highest BCUT2D eigenvalue weighted by Crippen LogP contribution is 2.23. The monoisotopic (exact) mass is 347 g/mol. The van der Waals surface area contributed by atoms with Crippen LogP contribution >= 0.6 is 0 Å². The summed E-state index contributed by atoms with van der Waals surface area (Å²) in [4.78, 5) is 0. The van der Waals surface area contributed by atoms with Crippen molar-refractivity contribution in [1.29, 1.82) is 0 Å². The smallest absolute Gasteiger partial charge is 0.156 e. The fraction of sp³-hybridized carbons (Fsp3) is 0.273. The number of nitrogens with zero attached hydrogens (tertiary/aromatic N) is 2.